The fraction of sp³-hybridized carbons (Fsp3) is 0.474. The first kappa shape index (κ1) is 14.5. The number of rotatable bonds is 2. The molecule has 2 aromatic rings. The lowest BCUT2D eigenvalue weighted by Crippen LogP contribution is -2.35. The third-order valence-corrected chi connectivity index (χ3v) is 4.94. The Morgan fingerprint density at radius 3 is 2.87 bits per heavy atom. The van der Waals surface area contributed by atoms with Gasteiger partial charge in [0.15, 0.2) is 0 Å². The molecule has 0 N–H and O–H groups in total. The van der Waals surface area contributed by atoms with E-state index in [2.05, 4.69) is 54.0 Å². The molecular formula is C19H24N4. The second-order valence-corrected chi connectivity index (χ2v) is 6.89. The van der Waals surface area contributed by atoms with E-state index < -0.39 is 0 Å². The van der Waals surface area contributed by atoms with Crippen LogP contribution in [0.3, 0.4) is 0 Å². The summed E-state index contributed by atoms with van der Waals surface area (Å²) >= 11 is 0. The third kappa shape index (κ3) is 2.78. The molecule has 1 aromatic heterocycles. The highest BCUT2D eigenvalue weighted by molar-refractivity contribution is 5.66. The van der Waals surface area contributed by atoms with Crippen molar-refractivity contribution >= 4 is 17.5 Å². The van der Waals surface area contributed by atoms with Crippen LogP contribution in [0.15, 0.2) is 30.3 Å². The Bertz CT molecular complexity index is 712. The molecule has 4 rings (SSSR count). The highest BCUT2D eigenvalue weighted by Crippen LogP contribution is 2.33. The van der Waals surface area contributed by atoms with Crippen LogP contribution >= 0.6 is 0 Å². The summed E-state index contributed by atoms with van der Waals surface area (Å²) in [5.41, 5.74) is 3.70. The van der Waals surface area contributed by atoms with Crippen molar-refractivity contribution in [3.05, 3.63) is 41.6 Å². The average Bonchev–Trinajstić information content (AvgIpc) is 2.98. The van der Waals surface area contributed by atoms with Gasteiger partial charge in [-0.15, -0.1) is 0 Å². The van der Waals surface area contributed by atoms with Crippen molar-refractivity contribution in [2.45, 2.75) is 33.1 Å². The zero-order valence-corrected chi connectivity index (χ0v) is 14.0. The quantitative estimate of drug-likeness (QED) is 0.846. The normalized spacial score (nSPS) is 20.7. The molecule has 4 nitrogen and oxygen atoms in total. The molecule has 4 heteroatoms. The number of benzene rings is 1. The van der Waals surface area contributed by atoms with Crippen molar-refractivity contribution in [2.24, 2.45) is 5.92 Å². The maximum absolute atomic E-state index is 4.91. The summed E-state index contributed by atoms with van der Waals surface area (Å²) in [6.45, 7) is 7.59. The summed E-state index contributed by atoms with van der Waals surface area (Å²) in [6, 6.07) is 10.7. The molecule has 23 heavy (non-hydrogen) atoms. The van der Waals surface area contributed by atoms with Crippen LogP contribution in [0.25, 0.3) is 0 Å². The highest BCUT2D eigenvalue weighted by Gasteiger charge is 2.24. The molecule has 2 aliphatic heterocycles. The van der Waals surface area contributed by atoms with E-state index >= 15 is 0 Å². The minimum Gasteiger partial charge on any atom is -0.356 e. The first-order valence-electron chi connectivity index (χ1n) is 8.67. The lowest BCUT2D eigenvalue weighted by Gasteiger charge is -2.32. The Kier molecular flexibility index (Phi) is 3.68. The maximum atomic E-state index is 4.91. The number of para-hydroxylation sites is 1. The van der Waals surface area contributed by atoms with E-state index in [0.717, 1.165) is 49.4 Å². The molecular weight excluding hydrogens is 284 g/mol. The first-order chi connectivity index (χ1) is 11.2. The van der Waals surface area contributed by atoms with Gasteiger partial charge >= 0.3 is 0 Å². The van der Waals surface area contributed by atoms with Gasteiger partial charge in [0.05, 0.1) is 0 Å². The first-order valence-corrected chi connectivity index (χ1v) is 8.67. The molecule has 1 saturated heterocycles. The number of anilines is 3. The summed E-state index contributed by atoms with van der Waals surface area (Å²) in [6.07, 6.45) is 3.66. The molecule has 1 fully saturated rings. The minimum absolute atomic E-state index is 0.745. The van der Waals surface area contributed by atoms with Crippen molar-refractivity contribution in [3.63, 3.8) is 0 Å². The fourth-order valence-corrected chi connectivity index (χ4v) is 3.76. The van der Waals surface area contributed by atoms with E-state index in [-0.39, 0.29) is 0 Å². The van der Waals surface area contributed by atoms with Crippen molar-refractivity contribution in [3.8, 4) is 0 Å². The van der Waals surface area contributed by atoms with Crippen LogP contribution in [0, 0.1) is 12.8 Å². The maximum Gasteiger partial charge on any atom is 0.232 e. The number of hydrogen-bond donors (Lipinski definition) is 0. The van der Waals surface area contributed by atoms with Gasteiger partial charge in [-0.2, -0.15) is 4.98 Å². The van der Waals surface area contributed by atoms with Crippen LogP contribution in [0.2, 0.25) is 0 Å². The lowest BCUT2D eigenvalue weighted by molar-refractivity contribution is 0.444. The second kappa shape index (κ2) is 5.84. The summed E-state index contributed by atoms with van der Waals surface area (Å²) in [5, 5.41) is 0. The fourth-order valence-electron chi connectivity index (χ4n) is 3.76. The van der Waals surface area contributed by atoms with Gasteiger partial charge in [-0.3, -0.25) is 0 Å². The Hall–Kier alpha value is -2.10. The number of aromatic nitrogens is 2. The molecule has 1 atom stereocenters. The number of fused-ring (bicyclic) bond motifs is 1. The second-order valence-electron chi connectivity index (χ2n) is 6.89. The summed E-state index contributed by atoms with van der Waals surface area (Å²) in [4.78, 5) is 14.3. The van der Waals surface area contributed by atoms with E-state index in [1.54, 1.807) is 0 Å². The zero-order valence-electron chi connectivity index (χ0n) is 14.0. The number of nitrogens with zero attached hydrogens (tertiary/aromatic N) is 4. The minimum atomic E-state index is 0.745. The van der Waals surface area contributed by atoms with Gasteiger partial charge in [-0.05, 0) is 43.7 Å². The molecule has 0 spiro atoms. The van der Waals surface area contributed by atoms with Gasteiger partial charge in [0.25, 0.3) is 0 Å². The van der Waals surface area contributed by atoms with E-state index in [1.807, 2.05) is 0 Å². The molecule has 0 saturated carbocycles. The Morgan fingerprint density at radius 1 is 1.13 bits per heavy atom. The SMILES string of the molecule is Cc1cc(N2CCCC(C)C2)nc(N2CCc3ccccc32)n1. The van der Waals surface area contributed by atoms with Gasteiger partial charge in [-0.1, -0.05) is 25.1 Å². The van der Waals surface area contributed by atoms with Gasteiger partial charge < -0.3 is 9.80 Å². The van der Waals surface area contributed by atoms with E-state index in [4.69, 9.17) is 9.97 Å². The van der Waals surface area contributed by atoms with E-state index in [0.29, 0.717) is 0 Å². The third-order valence-electron chi connectivity index (χ3n) is 4.94. The molecule has 3 heterocycles. The van der Waals surface area contributed by atoms with Gasteiger partial charge in [0.2, 0.25) is 5.95 Å². The summed E-state index contributed by atoms with van der Waals surface area (Å²) in [7, 11) is 0. The Balaban J connectivity index is 1.68. The summed E-state index contributed by atoms with van der Waals surface area (Å²) < 4.78 is 0. The van der Waals surface area contributed by atoms with Crippen molar-refractivity contribution < 1.29 is 0 Å². The van der Waals surface area contributed by atoms with Crippen LogP contribution < -0.4 is 9.80 Å². The van der Waals surface area contributed by atoms with E-state index in [9.17, 15) is 0 Å². The molecule has 2 aliphatic rings. The van der Waals surface area contributed by atoms with Gasteiger partial charge in [0.1, 0.15) is 5.82 Å². The molecule has 0 amide bonds. The lowest BCUT2D eigenvalue weighted by atomic mass is 10.0. The van der Waals surface area contributed by atoms with Crippen molar-refractivity contribution in [1.82, 2.24) is 9.97 Å². The molecule has 1 unspecified atom stereocenters. The largest absolute Gasteiger partial charge is 0.356 e. The highest BCUT2D eigenvalue weighted by atomic mass is 15.3. The predicted molar refractivity (Wildman–Crippen MR) is 94.5 cm³/mol. The molecule has 0 aliphatic carbocycles. The Labute approximate surface area is 138 Å². The van der Waals surface area contributed by atoms with Gasteiger partial charge in [0, 0.05) is 37.1 Å². The monoisotopic (exact) mass is 308 g/mol. The molecule has 0 radical (unpaired) electrons. The molecule has 120 valence electrons. The summed E-state index contributed by atoms with van der Waals surface area (Å²) in [5.74, 6) is 2.68. The zero-order chi connectivity index (χ0) is 15.8. The topological polar surface area (TPSA) is 32.3 Å². The van der Waals surface area contributed by atoms with Crippen molar-refractivity contribution in [1.29, 1.82) is 0 Å². The predicted octanol–water partition coefficient (Wildman–Crippen LogP) is 3.72. The van der Waals surface area contributed by atoms with Crippen LogP contribution in [0.1, 0.15) is 31.0 Å². The number of piperidine rings is 1. The van der Waals surface area contributed by atoms with Crippen LogP contribution in [-0.2, 0) is 6.42 Å². The van der Waals surface area contributed by atoms with Gasteiger partial charge in [-0.25, -0.2) is 4.98 Å². The Morgan fingerprint density at radius 2 is 2.00 bits per heavy atom. The van der Waals surface area contributed by atoms with Crippen LogP contribution in [-0.4, -0.2) is 29.6 Å². The number of aryl methyl sites for hydroxylation is 1. The standard InChI is InChI=1S/C19H24N4/c1-14-6-5-10-22(13-14)18-12-15(2)20-19(21-18)23-11-9-16-7-3-4-8-17(16)23/h3-4,7-8,12,14H,5-6,9-11,13H2,1-2H3. The van der Waals surface area contributed by atoms with E-state index in [1.165, 1.54) is 24.1 Å². The molecule has 0 bridgehead atoms. The average molecular weight is 308 g/mol. The number of hydrogen-bond acceptors (Lipinski definition) is 4. The molecule has 1 aromatic carbocycles. The van der Waals surface area contributed by atoms with Crippen molar-refractivity contribution in [2.75, 3.05) is 29.4 Å². The smallest absolute Gasteiger partial charge is 0.232 e. The van der Waals surface area contributed by atoms with Crippen LogP contribution in [0.5, 0.6) is 0 Å². The van der Waals surface area contributed by atoms with Crippen LogP contribution in [0.4, 0.5) is 17.5 Å².